The van der Waals surface area contributed by atoms with E-state index in [9.17, 15) is 0 Å². The van der Waals surface area contributed by atoms with Crippen molar-refractivity contribution in [2.24, 2.45) is 16.1 Å². The number of nitrogen functional groups attached to an aromatic ring is 1. The van der Waals surface area contributed by atoms with E-state index in [1.807, 2.05) is 30.3 Å². The highest BCUT2D eigenvalue weighted by molar-refractivity contribution is 6.16. The van der Waals surface area contributed by atoms with Gasteiger partial charge in [-0.3, -0.25) is 15.7 Å². The minimum Gasteiger partial charge on any atom is -0.492 e. The van der Waals surface area contributed by atoms with Crippen LogP contribution in [0.4, 0.5) is 5.69 Å². The number of hydrogen-bond acceptors (Lipinski definition) is 5. The average Bonchev–Trinajstić information content (AvgIpc) is 3.33. The van der Waals surface area contributed by atoms with Crippen molar-refractivity contribution in [2.45, 2.75) is 53.0 Å². The van der Waals surface area contributed by atoms with Gasteiger partial charge in [-0.2, -0.15) is 0 Å². The van der Waals surface area contributed by atoms with Crippen LogP contribution in [0.25, 0.3) is 10.8 Å². The van der Waals surface area contributed by atoms with Crippen LogP contribution in [0.5, 0.6) is 5.75 Å². The van der Waals surface area contributed by atoms with Crippen molar-refractivity contribution in [3.63, 3.8) is 0 Å². The number of likely N-dealkylation sites (N-methyl/N-ethyl adjacent to an activating group) is 1. The summed E-state index contributed by atoms with van der Waals surface area (Å²) in [6.07, 6.45) is 3.02. The van der Waals surface area contributed by atoms with Crippen LogP contribution < -0.4 is 16.2 Å². The zero-order valence-electron chi connectivity index (χ0n) is 23.0. The zero-order chi connectivity index (χ0) is 27.4. The number of likely N-dealkylation sites (tertiary alicyclic amines) is 1. The Labute approximate surface area is 225 Å². The van der Waals surface area contributed by atoms with Crippen LogP contribution >= 0.6 is 0 Å². The molecule has 0 aromatic heterocycles. The maximum Gasteiger partial charge on any atom is 0.153 e. The first-order valence-electron chi connectivity index (χ1n) is 13.4. The third kappa shape index (κ3) is 6.58. The first-order chi connectivity index (χ1) is 18.0. The van der Waals surface area contributed by atoms with Crippen molar-refractivity contribution in [3.8, 4) is 5.75 Å². The minimum absolute atomic E-state index is 0.0164. The molecule has 1 atom stereocenters. The van der Waals surface area contributed by atoms with E-state index in [2.05, 4.69) is 43.7 Å². The summed E-state index contributed by atoms with van der Waals surface area (Å²) in [5.74, 6) is 1.34. The van der Waals surface area contributed by atoms with Crippen molar-refractivity contribution < 1.29 is 4.74 Å². The van der Waals surface area contributed by atoms with E-state index in [0.717, 1.165) is 35.2 Å². The molecule has 0 radical (unpaired) electrons. The maximum atomic E-state index is 8.88. The Hall–Kier alpha value is -3.71. The minimum atomic E-state index is -0.0164. The molecule has 1 unspecified atom stereocenters. The topological polar surface area (TPSA) is 125 Å². The van der Waals surface area contributed by atoms with Crippen LogP contribution in [0.3, 0.4) is 0 Å². The molecule has 3 aromatic rings. The Balaban J connectivity index is 1.51. The fourth-order valence-corrected chi connectivity index (χ4v) is 5.03. The third-order valence-corrected chi connectivity index (χ3v) is 7.01. The highest BCUT2D eigenvalue weighted by Crippen LogP contribution is 2.26. The Morgan fingerprint density at radius 2 is 1.74 bits per heavy atom. The molecule has 7 nitrogen and oxygen atoms in total. The monoisotopic (exact) mass is 512 g/mol. The molecule has 1 saturated heterocycles. The Morgan fingerprint density at radius 3 is 2.47 bits per heavy atom. The number of nitrogens with one attached hydrogen (secondary N) is 2. The molecule has 3 aromatic carbocycles. The first kappa shape index (κ1) is 27.3. The zero-order valence-corrected chi connectivity index (χ0v) is 23.0. The second-order valence-corrected chi connectivity index (χ2v) is 11.3. The molecule has 200 valence electrons. The summed E-state index contributed by atoms with van der Waals surface area (Å²) < 4.78 is 6.14. The van der Waals surface area contributed by atoms with E-state index < -0.39 is 0 Å². The molecule has 1 heterocycles. The number of anilines is 1. The van der Waals surface area contributed by atoms with Gasteiger partial charge in [0, 0.05) is 34.8 Å². The fourth-order valence-electron chi connectivity index (χ4n) is 5.03. The largest absolute Gasteiger partial charge is 0.492 e. The van der Waals surface area contributed by atoms with Crippen molar-refractivity contribution >= 4 is 33.8 Å². The molecule has 6 N–H and O–H groups in total. The number of fused-ring (bicyclic) bond motifs is 1. The fraction of sp³-hybridized carbons (Fsp3) is 0.387. The van der Waals surface area contributed by atoms with Crippen LogP contribution in [-0.2, 0) is 0 Å². The molecule has 0 aliphatic carbocycles. The molecule has 7 heteroatoms. The molecule has 0 amide bonds. The lowest BCUT2D eigenvalue weighted by molar-refractivity contribution is 0.179. The molecular formula is C31H40N6O. The quantitative estimate of drug-likeness (QED) is 0.172. The normalized spacial score (nSPS) is 16.6. The lowest BCUT2D eigenvalue weighted by Crippen LogP contribution is -2.33. The van der Waals surface area contributed by atoms with Gasteiger partial charge < -0.3 is 16.2 Å². The van der Waals surface area contributed by atoms with Crippen LogP contribution in [-0.4, -0.2) is 48.0 Å². The van der Waals surface area contributed by atoms with E-state index in [1.165, 1.54) is 12.8 Å². The van der Waals surface area contributed by atoms with Crippen molar-refractivity contribution in [1.29, 1.82) is 10.8 Å². The summed E-state index contributed by atoms with van der Waals surface area (Å²) in [5, 5.41) is 19.4. The second-order valence-electron chi connectivity index (χ2n) is 11.3. The molecule has 1 aliphatic heterocycles. The van der Waals surface area contributed by atoms with Gasteiger partial charge >= 0.3 is 0 Å². The predicted molar refractivity (Wildman–Crippen MR) is 159 cm³/mol. The summed E-state index contributed by atoms with van der Waals surface area (Å²) in [5.41, 5.74) is 15.0. The Bertz CT molecular complexity index is 1370. The molecule has 0 bridgehead atoms. The van der Waals surface area contributed by atoms with Gasteiger partial charge in [0.1, 0.15) is 18.2 Å². The number of nitrogens with zero attached hydrogens (tertiary/aromatic N) is 2. The standard InChI is InChI=1S/C31H40N6O/c1-5-37-14-6-7-24(37)19-38-25-12-10-20-15-22(9-8-21(20)16-25)29(34)26-17-23(11-13-27(26)32)30(35)36-28(33)18-31(2,3)4/h8-13,15-17,24,34H,5-7,14,18-19,32H2,1-4H3,(H3,33,35,36). The van der Waals surface area contributed by atoms with Crippen LogP contribution in [0, 0.1) is 16.2 Å². The van der Waals surface area contributed by atoms with Crippen molar-refractivity contribution in [2.75, 3.05) is 25.4 Å². The number of ether oxygens (including phenoxy) is 1. The highest BCUT2D eigenvalue weighted by atomic mass is 16.5. The van der Waals surface area contributed by atoms with E-state index in [-0.39, 0.29) is 11.3 Å². The molecule has 4 rings (SSSR count). The van der Waals surface area contributed by atoms with E-state index in [1.54, 1.807) is 18.2 Å². The number of hydrogen-bond donors (Lipinski definition) is 4. The van der Waals surface area contributed by atoms with Gasteiger partial charge in [-0.05, 0) is 78.5 Å². The van der Waals surface area contributed by atoms with Crippen molar-refractivity contribution in [1.82, 2.24) is 4.90 Å². The van der Waals surface area contributed by atoms with Crippen LogP contribution in [0.1, 0.15) is 63.6 Å². The summed E-state index contributed by atoms with van der Waals surface area (Å²) in [4.78, 5) is 6.77. The van der Waals surface area contributed by atoms with Gasteiger partial charge in [-0.25, -0.2) is 4.99 Å². The van der Waals surface area contributed by atoms with E-state index in [0.29, 0.717) is 47.4 Å². The SMILES string of the molecule is CCN1CCCC1COc1ccc2cc(C(=N)c3cc(C(=N)N=C(N)CC(C)(C)C)ccc3N)ccc2c1. The van der Waals surface area contributed by atoms with E-state index in [4.69, 9.17) is 27.0 Å². The summed E-state index contributed by atoms with van der Waals surface area (Å²) in [6, 6.07) is 17.7. The Kier molecular flexibility index (Phi) is 8.17. The summed E-state index contributed by atoms with van der Waals surface area (Å²) in [6.45, 7) is 11.4. The van der Waals surface area contributed by atoms with Gasteiger partial charge in [-0.15, -0.1) is 0 Å². The van der Waals surface area contributed by atoms with Gasteiger partial charge in [-0.1, -0.05) is 45.9 Å². The number of aliphatic imine (C=N–C) groups is 1. The van der Waals surface area contributed by atoms with Gasteiger partial charge in [0.05, 0.1) is 5.71 Å². The number of benzene rings is 3. The summed E-state index contributed by atoms with van der Waals surface area (Å²) in [7, 11) is 0. The number of rotatable bonds is 8. The van der Waals surface area contributed by atoms with Crippen LogP contribution in [0.2, 0.25) is 0 Å². The third-order valence-electron chi connectivity index (χ3n) is 7.01. The maximum absolute atomic E-state index is 8.88. The molecule has 0 saturated carbocycles. The predicted octanol–water partition coefficient (Wildman–Crippen LogP) is 5.82. The van der Waals surface area contributed by atoms with Gasteiger partial charge in [0.2, 0.25) is 0 Å². The smallest absolute Gasteiger partial charge is 0.153 e. The lowest BCUT2D eigenvalue weighted by atomic mass is 9.92. The molecule has 38 heavy (non-hydrogen) atoms. The Morgan fingerprint density at radius 1 is 1.03 bits per heavy atom. The summed E-state index contributed by atoms with van der Waals surface area (Å²) >= 11 is 0. The molecular weight excluding hydrogens is 472 g/mol. The van der Waals surface area contributed by atoms with E-state index >= 15 is 0 Å². The molecule has 0 spiro atoms. The van der Waals surface area contributed by atoms with Gasteiger partial charge in [0.15, 0.2) is 5.84 Å². The van der Waals surface area contributed by atoms with Gasteiger partial charge in [0.25, 0.3) is 0 Å². The second kappa shape index (κ2) is 11.4. The molecule has 1 aliphatic rings. The first-order valence-corrected chi connectivity index (χ1v) is 13.4. The average molecular weight is 513 g/mol. The molecule has 1 fully saturated rings. The number of nitrogens with two attached hydrogens (primary N) is 2. The number of amidine groups is 2. The van der Waals surface area contributed by atoms with Crippen LogP contribution in [0.15, 0.2) is 59.6 Å². The van der Waals surface area contributed by atoms with Crippen molar-refractivity contribution in [3.05, 3.63) is 71.3 Å². The highest BCUT2D eigenvalue weighted by Gasteiger charge is 2.23. The lowest BCUT2D eigenvalue weighted by Gasteiger charge is -2.22.